The minimum Gasteiger partial charge on any atom is -0.496 e. The first-order chi connectivity index (χ1) is 9.43. The molecule has 2 rings (SSSR count). The van der Waals surface area contributed by atoms with Gasteiger partial charge in [0.1, 0.15) is 5.75 Å². The third kappa shape index (κ3) is 2.78. The summed E-state index contributed by atoms with van der Waals surface area (Å²) in [4.78, 5) is 12.7. The molecule has 0 amide bonds. The molecule has 2 nitrogen and oxygen atoms in total. The lowest BCUT2D eigenvalue weighted by Crippen LogP contribution is -2.07. The van der Waals surface area contributed by atoms with Gasteiger partial charge in [-0.1, -0.05) is 15.9 Å². The standard InChI is InChI=1S/C17H17BrO2/c1-10-7-13(18)5-6-14(10)17(19)15-8-12(3)16(20-4)9-11(15)2/h5-9H,1-4H3. The predicted octanol–water partition coefficient (Wildman–Crippen LogP) is 4.61. The van der Waals surface area contributed by atoms with Crippen LogP contribution in [0.1, 0.15) is 32.6 Å². The van der Waals surface area contributed by atoms with Crippen LogP contribution in [-0.4, -0.2) is 12.9 Å². The van der Waals surface area contributed by atoms with Gasteiger partial charge in [-0.25, -0.2) is 0 Å². The summed E-state index contributed by atoms with van der Waals surface area (Å²) < 4.78 is 6.27. The fourth-order valence-corrected chi connectivity index (χ4v) is 2.76. The van der Waals surface area contributed by atoms with Crippen molar-refractivity contribution in [1.82, 2.24) is 0 Å². The van der Waals surface area contributed by atoms with E-state index < -0.39 is 0 Å². The number of halogens is 1. The minimum absolute atomic E-state index is 0.0539. The summed E-state index contributed by atoms with van der Waals surface area (Å²) in [5.41, 5.74) is 4.34. The molecule has 2 aromatic carbocycles. The summed E-state index contributed by atoms with van der Waals surface area (Å²) in [6.07, 6.45) is 0. The van der Waals surface area contributed by atoms with Crippen molar-refractivity contribution in [1.29, 1.82) is 0 Å². The lowest BCUT2D eigenvalue weighted by Gasteiger charge is -2.12. The Labute approximate surface area is 127 Å². The summed E-state index contributed by atoms with van der Waals surface area (Å²) >= 11 is 3.42. The van der Waals surface area contributed by atoms with Gasteiger partial charge in [0.25, 0.3) is 0 Å². The van der Waals surface area contributed by atoms with Gasteiger partial charge in [0, 0.05) is 15.6 Å². The Morgan fingerprint density at radius 1 is 0.950 bits per heavy atom. The first kappa shape index (κ1) is 14.8. The SMILES string of the molecule is COc1cc(C)c(C(=O)c2ccc(Br)cc2C)cc1C. The summed E-state index contributed by atoms with van der Waals surface area (Å²) in [6.45, 7) is 5.83. The van der Waals surface area contributed by atoms with Gasteiger partial charge in [0.05, 0.1) is 7.11 Å². The number of rotatable bonds is 3. The number of carbonyl (C=O) groups is 1. The highest BCUT2D eigenvalue weighted by molar-refractivity contribution is 9.10. The van der Waals surface area contributed by atoms with Crippen molar-refractivity contribution in [2.45, 2.75) is 20.8 Å². The first-order valence-electron chi connectivity index (χ1n) is 6.40. The van der Waals surface area contributed by atoms with E-state index in [4.69, 9.17) is 4.74 Å². The molecule has 0 saturated heterocycles. The molecule has 0 heterocycles. The summed E-state index contributed by atoms with van der Waals surface area (Å²) in [6, 6.07) is 9.53. The van der Waals surface area contributed by atoms with Crippen molar-refractivity contribution in [3.8, 4) is 5.75 Å². The number of carbonyl (C=O) groups excluding carboxylic acids is 1. The van der Waals surface area contributed by atoms with Crippen LogP contribution in [0, 0.1) is 20.8 Å². The van der Waals surface area contributed by atoms with Gasteiger partial charge in [-0.3, -0.25) is 4.79 Å². The molecule has 0 aliphatic carbocycles. The monoisotopic (exact) mass is 332 g/mol. The number of aryl methyl sites for hydroxylation is 3. The van der Waals surface area contributed by atoms with Crippen LogP contribution in [0.15, 0.2) is 34.8 Å². The summed E-state index contributed by atoms with van der Waals surface area (Å²) in [5.74, 6) is 0.866. The third-order valence-corrected chi connectivity index (χ3v) is 3.91. The molecule has 0 aromatic heterocycles. The molecule has 0 N–H and O–H groups in total. The van der Waals surface area contributed by atoms with E-state index in [2.05, 4.69) is 15.9 Å². The molecule has 104 valence electrons. The van der Waals surface area contributed by atoms with E-state index in [-0.39, 0.29) is 5.78 Å². The van der Waals surface area contributed by atoms with E-state index in [1.54, 1.807) is 7.11 Å². The van der Waals surface area contributed by atoms with Crippen LogP contribution in [0.2, 0.25) is 0 Å². The van der Waals surface area contributed by atoms with Crippen LogP contribution in [0.25, 0.3) is 0 Å². The molecular formula is C17H17BrO2. The zero-order valence-electron chi connectivity index (χ0n) is 12.1. The van der Waals surface area contributed by atoms with E-state index in [1.165, 1.54) is 0 Å². The van der Waals surface area contributed by atoms with Gasteiger partial charge >= 0.3 is 0 Å². The molecule has 0 bridgehead atoms. The normalized spacial score (nSPS) is 10.4. The molecule has 2 aromatic rings. The molecule has 20 heavy (non-hydrogen) atoms. The molecule has 0 aliphatic rings. The smallest absolute Gasteiger partial charge is 0.193 e. The van der Waals surface area contributed by atoms with Gasteiger partial charge in [0.15, 0.2) is 5.78 Å². The molecular weight excluding hydrogens is 316 g/mol. The van der Waals surface area contributed by atoms with Gasteiger partial charge in [-0.05, 0) is 67.8 Å². The van der Waals surface area contributed by atoms with Crippen molar-refractivity contribution < 1.29 is 9.53 Å². The van der Waals surface area contributed by atoms with Crippen molar-refractivity contribution in [3.63, 3.8) is 0 Å². The van der Waals surface area contributed by atoms with Crippen molar-refractivity contribution in [2.24, 2.45) is 0 Å². The third-order valence-electron chi connectivity index (χ3n) is 3.42. The topological polar surface area (TPSA) is 26.3 Å². The molecule has 0 radical (unpaired) electrons. The maximum Gasteiger partial charge on any atom is 0.193 e. The Morgan fingerprint density at radius 3 is 2.20 bits per heavy atom. The molecule has 3 heteroatoms. The van der Waals surface area contributed by atoms with Gasteiger partial charge in [-0.15, -0.1) is 0 Å². The second-order valence-electron chi connectivity index (χ2n) is 4.93. The number of ketones is 1. The number of ether oxygens (including phenoxy) is 1. The zero-order chi connectivity index (χ0) is 14.9. The van der Waals surface area contributed by atoms with Crippen LogP contribution in [0.5, 0.6) is 5.75 Å². The van der Waals surface area contributed by atoms with Crippen LogP contribution >= 0.6 is 15.9 Å². The maximum atomic E-state index is 12.7. The highest BCUT2D eigenvalue weighted by atomic mass is 79.9. The minimum atomic E-state index is 0.0539. The highest BCUT2D eigenvalue weighted by Gasteiger charge is 2.16. The largest absolute Gasteiger partial charge is 0.496 e. The quantitative estimate of drug-likeness (QED) is 0.767. The molecule has 0 unspecified atom stereocenters. The Hall–Kier alpha value is -1.61. The van der Waals surface area contributed by atoms with E-state index in [1.807, 2.05) is 51.1 Å². The Balaban J connectivity index is 2.51. The van der Waals surface area contributed by atoms with E-state index in [9.17, 15) is 4.79 Å². The van der Waals surface area contributed by atoms with Crippen molar-refractivity contribution >= 4 is 21.7 Å². The second-order valence-corrected chi connectivity index (χ2v) is 5.84. The Morgan fingerprint density at radius 2 is 1.60 bits per heavy atom. The fourth-order valence-electron chi connectivity index (χ4n) is 2.28. The molecule has 0 saturated carbocycles. The molecule has 0 fully saturated rings. The van der Waals surface area contributed by atoms with Gasteiger partial charge in [-0.2, -0.15) is 0 Å². The highest BCUT2D eigenvalue weighted by Crippen LogP contribution is 2.26. The van der Waals surface area contributed by atoms with Gasteiger partial charge in [0.2, 0.25) is 0 Å². The number of benzene rings is 2. The first-order valence-corrected chi connectivity index (χ1v) is 7.19. The van der Waals surface area contributed by atoms with Crippen LogP contribution in [0.3, 0.4) is 0 Å². The van der Waals surface area contributed by atoms with E-state index >= 15 is 0 Å². The van der Waals surface area contributed by atoms with Crippen LogP contribution in [0.4, 0.5) is 0 Å². The van der Waals surface area contributed by atoms with Crippen molar-refractivity contribution in [2.75, 3.05) is 7.11 Å². The van der Waals surface area contributed by atoms with E-state index in [0.717, 1.165) is 38.0 Å². The second kappa shape index (κ2) is 5.80. The lowest BCUT2D eigenvalue weighted by molar-refractivity contribution is 0.103. The molecule has 0 spiro atoms. The number of hydrogen-bond donors (Lipinski definition) is 0. The average Bonchev–Trinajstić information content (AvgIpc) is 2.40. The number of methoxy groups -OCH3 is 1. The van der Waals surface area contributed by atoms with E-state index in [0.29, 0.717) is 0 Å². The summed E-state index contributed by atoms with van der Waals surface area (Å²) in [7, 11) is 1.64. The predicted molar refractivity (Wildman–Crippen MR) is 84.8 cm³/mol. The van der Waals surface area contributed by atoms with Gasteiger partial charge < -0.3 is 4.74 Å². The molecule has 0 atom stereocenters. The van der Waals surface area contributed by atoms with Crippen LogP contribution < -0.4 is 4.74 Å². The molecule has 0 aliphatic heterocycles. The Kier molecular flexibility index (Phi) is 4.29. The fraction of sp³-hybridized carbons (Fsp3) is 0.235. The van der Waals surface area contributed by atoms with Crippen molar-refractivity contribution in [3.05, 3.63) is 62.6 Å². The number of hydrogen-bond acceptors (Lipinski definition) is 2. The Bertz CT molecular complexity index is 675. The zero-order valence-corrected chi connectivity index (χ0v) is 13.7. The average molecular weight is 333 g/mol. The lowest BCUT2D eigenvalue weighted by atomic mass is 9.94. The summed E-state index contributed by atoms with van der Waals surface area (Å²) in [5, 5.41) is 0. The van der Waals surface area contributed by atoms with Crippen LogP contribution in [-0.2, 0) is 0 Å². The maximum absolute atomic E-state index is 12.7.